The summed E-state index contributed by atoms with van der Waals surface area (Å²) < 4.78 is 11.3. The number of carbonyl (C=O) groups excluding carboxylic acids is 2. The lowest BCUT2D eigenvalue weighted by Crippen LogP contribution is -2.54. The fourth-order valence-electron chi connectivity index (χ4n) is 5.66. The van der Waals surface area contributed by atoms with Gasteiger partial charge in [-0.3, -0.25) is 9.59 Å². The Labute approximate surface area is 204 Å². The molecule has 4 atom stereocenters. The van der Waals surface area contributed by atoms with Crippen molar-refractivity contribution in [2.45, 2.75) is 37.8 Å². The number of nitrogens with one attached hydrogen (secondary N) is 1. The number of likely N-dealkylation sites (tertiary alicyclic amines) is 1. The van der Waals surface area contributed by atoms with Gasteiger partial charge < -0.3 is 24.8 Å². The third kappa shape index (κ3) is 4.62. The molecule has 2 heterocycles. The summed E-state index contributed by atoms with van der Waals surface area (Å²) in [6, 6.07) is 15.7. The van der Waals surface area contributed by atoms with Gasteiger partial charge in [-0.25, -0.2) is 4.79 Å². The number of hydrogen-bond acceptors (Lipinski definition) is 5. The van der Waals surface area contributed by atoms with Crippen molar-refractivity contribution in [2.24, 2.45) is 11.8 Å². The average Bonchev–Trinajstić information content (AvgIpc) is 3.44. The van der Waals surface area contributed by atoms with Crippen molar-refractivity contribution >= 4 is 18.0 Å². The number of rotatable bonds is 5. The second-order valence-corrected chi connectivity index (χ2v) is 9.78. The van der Waals surface area contributed by atoms with Crippen molar-refractivity contribution in [2.75, 3.05) is 26.3 Å². The fraction of sp³-hybridized carbons (Fsp3) is 0.444. The van der Waals surface area contributed by atoms with Gasteiger partial charge in [0, 0.05) is 25.6 Å². The van der Waals surface area contributed by atoms with Crippen molar-refractivity contribution in [3.63, 3.8) is 0 Å². The van der Waals surface area contributed by atoms with Crippen LogP contribution in [-0.4, -0.2) is 66.4 Å². The van der Waals surface area contributed by atoms with Crippen LogP contribution < -0.4 is 5.32 Å². The molecule has 1 aliphatic carbocycles. The van der Waals surface area contributed by atoms with Gasteiger partial charge in [0.25, 0.3) is 5.91 Å². The lowest BCUT2D eigenvalue weighted by molar-refractivity contribution is -0.150. The number of amides is 2. The van der Waals surface area contributed by atoms with Crippen LogP contribution >= 0.6 is 0 Å². The molecule has 8 heteroatoms. The van der Waals surface area contributed by atoms with Crippen LogP contribution in [0.15, 0.2) is 48.5 Å². The molecule has 3 aliphatic rings. The van der Waals surface area contributed by atoms with E-state index in [4.69, 9.17) is 9.47 Å². The van der Waals surface area contributed by atoms with Crippen LogP contribution in [0.3, 0.4) is 0 Å². The highest BCUT2D eigenvalue weighted by Gasteiger charge is 2.41. The molecule has 4 unspecified atom stereocenters. The minimum absolute atomic E-state index is 0.0480. The van der Waals surface area contributed by atoms with Gasteiger partial charge in [-0.05, 0) is 41.0 Å². The molecule has 2 fully saturated rings. The summed E-state index contributed by atoms with van der Waals surface area (Å²) in [5.41, 5.74) is 4.57. The number of carbonyl (C=O) groups is 3. The number of alkyl carbamates (subject to hydrolysis) is 1. The largest absolute Gasteiger partial charge is 0.481 e. The number of nitrogens with zero attached hydrogens (tertiary/aromatic N) is 1. The molecule has 35 heavy (non-hydrogen) atoms. The van der Waals surface area contributed by atoms with Gasteiger partial charge in [-0.2, -0.15) is 0 Å². The Kier molecular flexibility index (Phi) is 6.47. The van der Waals surface area contributed by atoms with Gasteiger partial charge in [-0.15, -0.1) is 0 Å². The standard InChI is InChI=1S/C27H30N2O6/c1-16-12-17(26(31)32)14-29(13-16)25(30)24-23(10-11-34-24)28-27(33)35-15-22-20-8-4-2-6-18(20)19-7-3-5-9-21(19)22/h2-9,16-17,22-24H,10-15H2,1H3,(H,28,33)(H,31,32). The number of piperidine rings is 1. The summed E-state index contributed by atoms with van der Waals surface area (Å²) in [5.74, 6) is -1.71. The van der Waals surface area contributed by atoms with Crippen molar-refractivity contribution in [3.8, 4) is 11.1 Å². The molecule has 184 valence electrons. The van der Waals surface area contributed by atoms with E-state index in [-0.39, 0.29) is 30.9 Å². The summed E-state index contributed by atoms with van der Waals surface area (Å²) in [5, 5.41) is 12.2. The van der Waals surface area contributed by atoms with E-state index in [1.165, 1.54) is 0 Å². The smallest absolute Gasteiger partial charge is 0.407 e. The van der Waals surface area contributed by atoms with Gasteiger partial charge >= 0.3 is 12.1 Å². The molecule has 0 aromatic heterocycles. The Hall–Kier alpha value is -3.39. The number of aliphatic carboxylic acids is 1. The maximum Gasteiger partial charge on any atom is 0.407 e. The summed E-state index contributed by atoms with van der Waals surface area (Å²) >= 11 is 0. The number of hydrogen-bond donors (Lipinski definition) is 2. The molecule has 5 rings (SSSR count). The third-order valence-corrected chi connectivity index (χ3v) is 7.30. The topological polar surface area (TPSA) is 105 Å². The van der Waals surface area contributed by atoms with Crippen LogP contribution in [-0.2, 0) is 19.1 Å². The number of fused-ring (bicyclic) bond motifs is 3. The molecular weight excluding hydrogens is 448 g/mol. The monoisotopic (exact) mass is 478 g/mol. The first-order valence-corrected chi connectivity index (χ1v) is 12.2. The average molecular weight is 479 g/mol. The van der Waals surface area contributed by atoms with Crippen molar-refractivity contribution in [1.29, 1.82) is 0 Å². The zero-order chi connectivity index (χ0) is 24.5. The quantitative estimate of drug-likeness (QED) is 0.684. The number of carboxylic acids is 1. The van der Waals surface area contributed by atoms with Crippen molar-refractivity contribution in [3.05, 3.63) is 59.7 Å². The van der Waals surface area contributed by atoms with Crippen LogP contribution in [0.4, 0.5) is 4.79 Å². The maximum absolute atomic E-state index is 13.2. The first kappa shape index (κ1) is 23.4. The Morgan fingerprint density at radius 1 is 1.06 bits per heavy atom. The van der Waals surface area contributed by atoms with Gasteiger partial charge in [0.15, 0.2) is 6.10 Å². The Balaban J connectivity index is 1.21. The van der Waals surface area contributed by atoms with Crippen molar-refractivity contribution in [1.82, 2.24) is 10.2 Å². The highest BCUT2D eigenvalue weighted by molar-refractivity contribution is 5.84. The minimum Gasteiger partial charge on any atom is -0.481 e. The lowest BCUT2D eigenvalue weighted by atomic mass is 9.90. The van der Waals surface area contributed by atoms with Gasteiger partial charge in [0.05, 0.1) is 12.0 Å². The number of ether oxygens (including phenoxy) is 2. The van der Waals surface area contributed by atoms with Crippen LogP contribution in [0.2, 0.25) is 0 Å². The van der Waals surface area contributed by atoms with Crippen molar-refractivity contribution < 1.29 is 29.0 Å². The van der Waals surface area contributed by atoms with Gasteiger partial charge in [0.2, 0.25) is 0 Å². The third-order valence-electron chi connectivity index (χ3n) is 7.30. The van der Waals surface area contributed by atoms with E-state index in [1.54, 1.807) is 4.90 Å². The summed E-state index contributed by atoms with van der Waals surface area (Å²) in [7, 11) is 0. The lowest BCUT2D eigenvalue weighted by Gasteiger charge is -2.36. The van der Waals surface area contributed by atoms with Crippen LogP contribution in [0.25, 0.3) is 11.1 Å². The molecule has 8 nitrogen and oxygen atoms in total. The molecule has 2 aromatic rings. The Morgan fingerprint density at radius 2 is 1.71 bits per heavy atom. The van der Waals surface area contributed by atoms with E-state index in [0.29, 0.717) is 26.0 Å². The van der Waals surface area contributed by atoms with Gasteiger partial charge in [0.1, 0.15) is 6.61 Å². The first-order valence-electron chi connectivity index (χ1n) is 12.2. The summed E-state index contributed by atoms with van der Waals surface area (Å²) in [6.45, 7) is 3.12. The van der Waals surface area contributed by atoms with E-state index in [2.05, 4.69) is 29.6 Å². The first-order chi connectivity index (χ1) is 16.9. The normalized spacial score (nSPS) is 25.6. The second-order valence-electron chi connectivity index (χ2n) is 9.78. The molecule has 2 aliphatic heterocycles. The molecular formula is C27H30N2O6. The number of carboxylic acid groups (broad SMARTS) is 1. The molecule has 0 radical (unpaired) electrons. The maximum atomic E-state index is 13.2. The van der Waals surface area contributed by atoms with E-state index < -0.39 is 30.1 Å². The van der Waals surface area contributed by atoms with Crippen LogP contribution in [0, 0.1) is 11.8 Å². The minimum atomic E-state index is -0.894. The summed E-state index contributed by atoms with van der Waals surface area (Å²) in [6.07, 6.45) is -0.385. The predicted octanol–water partition coefficient (Wildman–Crippen LogP) is 3.25. The zero-order valence-electron chi connectivity index (χ0n) is 19.7. The van der Waals surface area contributed by atoms with E-state index in [0.717, 1.165) is 22.3 Å². The zero-order valence-corrected chi connectivity index (χ0v) is 19.7. The molecule has 2 aromatic carbocycles. The molecule has 0 saturated carbocycles. The highest BCUT2D eigenvalue weighted by atomic mass is 16.6. The SMILES string of the molecule is CC1CC(C(=O)O)CN(C(=O)C2OCCC2NC(=O)OCC2c3ccccc3-c3ccccc32)C1. The Bertz CT molecular complexity index is 1090. The molecule has 2 N–H and O–H groups in total. The van der Waals surface area contributed by atoms with E-state index in [9.17, 15) is 19.5 Å². The van der Waals surface area contributed by atoms with Crippen LogP contribution in [0.1, 0.15) is 36.8 Å². The molecule has 2 saturated heterocycles. The molecule has 0 bridgehead atoms. The summed E-state index contributed by atoms with van der Waals surface area (Å²) in [4.78, 5) is 38.9. The fourth-order valence-corrected chi connectivity index (χ4v) is 5.66. The van der Waals surface area contributed by atoms with E-state index >= 15 is 0 Å². The number of benzene rings is 2. The van der Waals surface area contributed by atoms with E-state index in [1.807, 2.05) is 31.2 Å². The molecule has 2 amide bonds. The highest BCUT2D eigenvalue weighted by Crippen LogP contribution is 2.44. The second kappa shape index (κ2) is 9.70. The predicted molar refractivity (Wildman–Crippen MR) is 128 cm³/mol. The molecule has 0 spiro atoms. The van der Waals surface area contributed by atoms with Gasteiger partial charge in [-0.1, -0.05) is 55.5 Å². The Morgan fingerprint density at radius 3 is 2.37 bits per heavy atom. The van der Waals surface area contributed by atoms with Crippen LogP contribution in [0.5, 0.6) is 0 Å².